The molecule has 0 aliphatic rings. The minimum absolute atomic E-state index is 0. The smallest absolute Gasteiger partial charge is 0.191 e. The minimum atomic E-state index is -0.232. The van der Waals surface area contributed by atoms with E-state index >= 15 is 0 Å². The molecule has 0 aliphatic carbocycles. The van der Waals surface area contributed by atoms with Gasteiger partial charge in [-0.3, -0.25) is 4.40 Å². The van der Waals surface area contributed by atoms with Crippen LogP contribution in [0, 0.1) is 5.82 Å². The van der Waals surface area contributed by atoms with Gasteiger partial charge in [0.25, 0.3) is 0 Å². The van der Waals surface area contributed by atoms with Gasteiger partial charge in [-0.1, -0.05) is 18.2 Å². The van der Waals surface area contributed by atoms with E-state index in [2.05, 4.69) is 30.7 Å². The van der Waals surface area contributed by atoms with E-state index in [4.69, 9.17) is 0 Å². The summed E-state index contributed by atoms with van der Waals surface area (Å²) in [6.45, 7) is 3.80. The van der Waals surface area contributed by atoms with E-state index in [-0.39, 0.29) is 35.8 Å². The standard InChI is InChI=1S/C20H26FN7.HI/c1-4-22-20(24-14-19-26-25-18-7-5-6-12-28(18)19)23-13-17(27(2)3)15-8-10-16(21)11-9-15;/h5-12,17H,4,13-14H2,1-3H3,(H2,22,23,24);1H. The van der Waals surface area contributed by atoms with Gasteiger partial charge < -0.3 is 15.5 Å². The average Bonchev–Trinajstić information content (AvgIpc) is 3.10. The average molecular weight is 511 g/mol. The number of aliphatic imine (C=N–C) groups is 1. The van der Waals surface area contributed by atoms with Crippen LogP contribution >= 0.6 is 24.0 Å². The van der Waals surface area contributed by atoms with Crippen molar-refractivity contribution in [3.8, 4) is 0 Å². The summed E-state index contributed by atoms with van der Waals surface area (Å²) in [7, 11) is 4.00. The van der Waals surface area contributed by atoms with E-state index in [1.54, 1.807) is 0 Å². The third-order valence-corrected chi connectivity index (χ3v) is 4.45. The molecule has 1 atom stereocenters. The first kappa shape index (κ1) is 23.0. The summed E-state index contributed by atoms with van der Waals surface area (Å²) in [5.74, 6) is 1.24. The largest absolute Gasteiger partial charge is 0.357 e. The molecule has 0 amide bonds. The molecule has 1 unspecified atom stereocenters. The molecule has 0 aliphatic heterocycles. The Hall–Kier alpha value is -2.27. The van der Waals surface area contributed by atoms with Gasteiger partial charge in [-0.25, -0.2) is 9.38 Å². The highest BCUT2D eigenvalue weighted by molar-refractivity contribution is 14.0. The van der Waals surface area contributed by atoms with Gasteiger partial charge in [0.2, 0.25) is 0 Å². The number of nitrogens with one attached hydrogen (secondary N) is 2. The summed E-state index contributed by atoms with van der Waals surface area (Å²) < 4.78 is 15.2. The highest BCUT2D eigenvalue weighted by Crippen LogP contribution is 2.17. The summed E-state index contributed by atoms with van der Waals surface area (Å²) in [4.78, 5) is 6.73. The fraction of sp³-hybridized carbons (Fsp3) is 0.350. The van der Waals surface area contributed by atoms with Crippen LogP contribution in [0.1, 0.15) is 24.4 Å². The minimum Gasteiger partial charge on any atom is -0.357 e. The molecule has 0 spiro atoms. The maximum absolute atomic E-state index is 13.2. The number of guanidine groups is 1. The quantitative estimate of drug-likeness (QED) is 0.290. The van der Waals surface area contributed by atoms with Crippen molar-refractivity contribution in [3.05, 3.63) is 65.9 Å². The Morgan fingerprint density at radius 3 is 2.59 bits per heavy atom. The monoisotopic (exact) mass is 511 g/mol. The summed E-state index contributed by atoms with van der Waals surface area (Å²) in [5, 5.41) is 15.0. The molecular formula is C20H27FIN7. The first-order valence-electron chi connectivity index (χ1n) is 9.31. The van der Waals surface area contributed by atoms with Crippen LogP contribution in [-0.2, 0) is 6.54 Å². The summed E-state index contributed by atoms with van der Waals surface area (Å²) in [5.41, 5.74) is 1.84. The van der Waals surface area contributed by atoms with Crippen molar-refractivity contribution in [1.29, 1.82) is 0 Å². The number of rotatable bonds is 7. The Balaban J connectivity index is 0.00000300. The van der Waals surface area contributed by atoms with E-state index in [1.807, 2.05) is 61.9 Å². The second kappa shape index (κ2) is 11.1. The zero-order valence-electron chi connectivity index (χ0n) is 16.8. The lowest BCUT2D eigenvalue weighted by molar-refractivity contribution is 0.298. The highest BCUT2D eigenvalue weighted by Gasteiger charge is 2.15. The number of hydrogen-bond donors (Lipinski definition) is 2. The molecule has 29 heavy (non-hydrogen) atoms. The summed E-state index contributed by atoms with van der Waals surface area (Å²) in [6, 6.07) is 12.5. The molecule has 3 aromatic rings. The van der Waals surface area contributed by atoms with Crippen LogP contribution in [0.25, 0.3) is 5.65 Å². The number of halogens is 2. The maximum atomic E-state index is 13.2. The number of aromatic nitrogens is 3. The molecule has 0 saturated carbocycles. The third kappa shape index (κ3) is 6.10. The zero-order chi connectivity index (χ0) is 19.9. The van der Waals surface area contributed by atoms with Gasteiger partial charge in [0.05, 0.1) is 6.04 Å². The van der Waals surface area contributed by atoms with Gasteiger partial charge in [-0.2, -0.15) is 0 Å². The molecule has 3 rings (SSSR count). The van der Waals surface area contributed by atoms with Gasteiger partial charge in [0.15, 0.2) is 17.4 Å². The molecule has 156 valence electrons. The Kier molecular flexibility index (Phi) is 8.77. The molecule has 0 bridgehead atoms. The number of fused-ring (bicyclic) bond motifs is 1. The van der Waals surface area contributed by atoms with Crippen molar-refractivity contribution in [3.63, 3.8) is 0 Å². The van der Waals surface area contributed by atoms with Crippen LogP contribution < -0.4 is 10.6 Å². The zero-order valence-corrected chi connectivity index (χ0v) is 19.2. The topological polar surface area (TPSA) is 69.8 Å². The van der Waals surface area contributed by atoms with Crippen LogP contribution in [0.2, 0.25) is 0 Å². The van der Waals surface area contributed by atoms with Crippen molar-refractivity contribution < 1.29 is 4.39 Å². The Labute approximate surface area is 187 Å². The van der Waals surface area contributed by atoms with Crippen molar-refractivity contribution >= 4 is 35.6 Å². The van der Waals surface area contributed by atoms with Crippen molar-refractivity contribution in [2.75, 3.05) is 27.2 Å². The number of benzene rings is 1. The summed E-state index contributed by atoms with van der Waals surface area (Å²) >= 11 is 0. The van der Waals surface area contributed by atoms with E-state index in [0.717, 1.165) is 23.6 Å². The van der Waals surface area contributed by atoms with E-state index in [1.165, 1.54) is 12.1 Å². The Bertz CT molecular complexity index is 924. The fourth-order valence-corrected chi connectivity index (χ4v) is 2.97. The van der Waals surface area contributed by atoms with Crippen LogP contribution in [-0.4, -0.2) is 52.6 Å². The van der Waals surface area contributed by atoms with E-state index in [0.29, 0.717) is 19.0 Å². The first-order chi connectivity index (χ1) is 13.6. The second-order valence-corrected chi connectivity index (χ2v) is 6.65. The van der Waals surface area contributed by atoms with Crippen molar-refractivity contribution in [2.24, 2.45) is 4.99 Å². The second-order valence-electron chi connectivity index (χ2n) is 6.65. The lowest BCUT2D eigenvalue weighted by atomic mass is 10.1. The lowest BCUT2D eigenvalue weighted by Crippen LogP contribution is -2.41. The normalized spacial score (nSPS) is 12.7. The summed E-state index contributed by atoms with van der Waals surface area (Å²) in [6.07, 6.45) is 1.93. The Morgan fingerprint density at radius 1 is 1.14 bits per heavy atom. The predicted octanol–water partition coefficient (Wildman–Crippen LogP) is 2.84. The van der Waals surface area contributed by atoms with Crippen LogP contribution in [0.5, 0.6) is 0 Å². The SMILES string of the molecule is CCNC(=NCc1nnc2ccccn12)NCC(c1ccc(F)cc1)N(C)C.I. The lowest BCUT2D eigenvalue weighted by Gasteiger charge is -2.26. The first-order valence-corrected chi connectivity index (χ1v) is 9.31. The highest BCUT2D eigenvalue weighted by atomic mass is 127. The van der Waals surface area contributed by atoms with Gasteiger partial charge in [0.1, 0.15) is 12.4 Å². The van der Waals surface area contributed by atoms with Gasteiger partial charge in [-0.05, 0) is 50.8 Å². The number of pyridine rings is 1. The molecule has 2 aromatic heterocycles. The van der Waals surface area contributed by atoms with Crippen molar-refractivity contribution in [2.45, 2.75) is 19.5 Å². The van der Waals surface area contributed by atoms with Crippen LogP contribution in [0.3, 0.4) is 0 Å². The van der Waals surface area contributed by atoms with Gasteiger partial charge in [0, 0.05) is 19.3 Å². The molecule has 2 heterocycles. The molecule has 9 heteroatoms. The third-order valence-electron chi connectivity index (χ3n) is 4.45. The van der Waals surface area contributed by atoms with E-state index < -0.39 is 0 Å². The molecule has 7 nitrogen and oxygen atoms in total. The van der Waals surface area contributed by atoms with Crippen molar-refractivity contribution in [1.82, 2.24) is 30.1 Å². The molecule has 1 aromatic carbocycles. The van der Waals surface area contributed by atoms with Crippen LogP contribution in [0.4, 0.5) is 4.39 Å². The molecule has 0 saturated heterocycles. The number of hydrogen-bond acceptors (Lipinski definition) is 4. The fourth-order valence-electron chi connectivity index (χ4n) is 2.97. The number of nitrogens with zero attached hydrogens (tertiary/aromatic N) is 5. The Morgan fingerprint density at radius 2 is 1.90 bits per heavy atom. The van der Waals surface area contributed by atoms with Gasteiger partial charge in [-0.15, -0.1) is 34.2 Å². The molecule has 2 N–H and O–H groups in total. The molecular weight excluding hydrogens is 484 g/mol. The maximum Gasteiger partial charge on any atom is 0.191 e. The predicted molar refractivity (Wildman–Crippen MR) is 124 cm³/mol. The number of likely N-dealkylation sites (N-methyl/N-ethyl adjacent to an activating group) is 1. The molecule has 0 radical (unpaired) electrons. The molecule has 0 fully saturated rings. The van der Waals surface area contributed by atoms with Gasteiger partial charge >= 0.3 is 0 Å². The van der Waals surface area contributed by atoms with Crippen LogP contribution in [0.15, 0.2) is 53.7 Å². The van der Waals surface area contributed by atoms with E-state index in [9.17, 15) is 4.39 Å².